The van der Waals surface area contributed by atoms with Crippen molar-refractivity contribution >= 4 is 16.8 Å². The fraction of sp³-hybridized carbons (Fsp3) is 0.471. The molecule has 23 heavy (non-hydrogen) atoms. The Labute approximate surface area is 134 Å². The molecule has 2 heterocycles. The summed E-state index contributed by atoms with van der Waals surface area (Å²) in [7, 11) is 0. The van der Waals surface area contributed by atoms with E-state index in [1.807, 2.05) is 18.2 Å². The minimum Gasteiger partial charge on any atom is -0.376 e. The summed E-state index contributed by atoms with van der Waals surface area (Å²) >= 11 is 0. The van der Waals surface area contributed by atoms with Crippen LogP contribution in [0.4, 0.5) is 0 Å². The zero-order valence-electron chi connectivity index (χ0n) is 13.2. The molecule has 6 nitrogen and oxygen atoms in total. The molecular formula is C17H21N3O3. The van der Waals surface area contributed by atoms with Crippen molar-refractivity contribution in [2.45, 2.75) is 38.8 Å². The monoisotopic (exact) mass is 315 g/mol. The van der Waals surface area contributed by atoms with Gasteiger partial charge in [0.1, 0.15) is 5.82 Å². The lowest BCUT2D eigenvalue weighted by Gasteiger charge is -2.12. The van der Waals surface area contributed by atoms with Gasteiger partial charge in [-0.1, -0.05) is 12.1 Å². The first-order valence-electron chi connectivity index (χ1n) is 7.99. The maximum absolute atomic E-state index is 12.5. The molecule has 1 aromatic heterocycles. The van der Waals surface area contributed by atoms with E-state index in [1.165, 1.54) is 0 Å². The number of aromatic nitrogens is 2. The van der Waals surface area contributed by atoms with Gasteiger partial charge in [0.05, 0.1) is 17.0 Å². The Bertz CT molecular complexity index is 763. The van der Waals surface area contributed by atoms with Crippen LogP contribution in [0.3, 0.4) is 0 Å². The van der Waals surface area contributed by atoms with Crippen LogP contribution in [0.2, 0.25) is 0 Å². The van der Waals surface area contributed by atoms with Crippen molar-refractivity contribution in [2.24, 2.45) is 0 Å². The van der Waals surface area contributed by atoms with Gasteiger partial charge in [0.2, 0.25) is 5.91 Å². The van der Waals surface area contributed by atoms with E-state index in [9.17, 15) is 9.59 Å². The summed E-state index contributed by atoms with van der Waals surface area (Å²) in [5, 5.41) is 3.45. The number of nitrogens with one attached hydrogen (secondary N) is 1. The molecule has 122 valence electrons. The SMILES string of the molecule is Cc1nc2ccccc2c(=O)n1CCC(=O)NC[C@H]1CCCO1. The molecule has 0 spiro atoms. The second-order valence-electron chi connectivity index (χ2n) is 5.82. The first-order valence-corrected chi connectivity index (χ1v) is 7.99. The highest BCUT2D eigenvalue weighted by molar-refractivity contribution is 5.77. The number of para-hydroxylation sites is 1. The van der Waals surface area contributed by atoms with Gasteiger partial charge in [-0.05, 0) is 31.9 Å². The van der Waals surface area contributed by atoms with E-state index in [2.05, 4.69) is 10.3 Å². The summed E-state index contributed by atoms with van der Waals surface area (Å²) in [6.07, 6.45) is 2.43. The number of carbonyl (C=O) groups is 1. The van der Waals surface area contributed by atoms with Gasteiger partial charge in [-0.2, -0.15) is 0 Å². The number of fused-ring (bicyclic) bond motifs is 1. The van der Waals surface area contributed by atoms with Crippen LogP contribution in [0, 0.1) is 6.92 Å². The summed E-state index contributed by atoms with van der Waals surface area (Å²) in [5.74, 6) is 0.556. The summed E-state index contributed by atoms with van der Waals surface area (Å²) < 4.78 is 7.04. The average molecular weight is 315 g/mol. The van der Waals surface area contributed by atoms with Crippen LogP contribution in [0.15, 0.2) is 29.1 Å². The van der Waals surface area contributed by atoms with Gasteiger partial charge in [0.25, 0.3) is 5.56 Å². The third-order valence-corrected chi connectivity index (χ3v) is 4.17. The van der Waals surface area contributed by atoms with Crippen molar-refractivity contribution in [3.63, 3.8) is 0 Å². The Morgan fingerprint density at radius 1 is 1.43 bits per heavy atom. The largest absolute Gasteiger partial charge is 0.376 e. The van der Waals surface area contributed by atoms with Crippen molar-refractivity contribution in [1.82, 2.24) is 14.9 Å². The van der Waals surface area contributed by atoms with Crippen LogP contribution in [-0.4, -0.2) is 34.7 Å². The number of ether oxygens (including phenoxy) is 1. The van der Waals surface area contributed by atoms with Gasteiger partial charge >= 0.3 is 0 Å². The van der Waals surface area contributed by atoms with Gasteiger partial charge in [0.15, 0.2) is 0 Å². The molecule has 0 aliphatic carbocycles. The first-order chi connectivity index (χ1) is 11.1. The number of nitrogens with zero attached hydrogens (tertiary/aromatic N) is 2. The summed E-state index contributed by atoms with van der Waals surface area (Å²) in [6, 6.07) is 7.26. The second kappa shape index (κ2) is 6.91. The first kappa shape index (κ1) is 15.7. The number of benzene rings is 1. The molecule has 1 amide bonds. The van der Waals surface area contributed by atoms with Crippen molar-refractivity contribution < 1.29 is 9.53 Å². The number of aryl methyl sites for hydroxylation is 1. The molecule has 0 unspecified atom stereocenters. The lowest BCUT2D eigenvalue weighted by atomic mass is 10.2. The predicted octanol–water partition coefficient (Wildman–Crippen LogP) is 1.39. The van der Waals surface area contributed by atoms with Gasteiger partial charge in [-0.3, -0.25) is 14.2 Å². The number of amides is 1. The van der Waals surface area contributed by atoms with E-state index < -0.39 is 0 Å². The Morgan fingerprint density at radius 3 is 3.04 bits per heavy atom. The van der Waals surface area contributed by atoms with Gasteiger partial charge in [0, 0.05) is 26.1 Å². The Balaban J connectivity index is 1.64. The number of rotatable bonds is 5. The molecule has 3 rings (SSSR count). The zero-order valence-corrected chi connectivity index (χ0v) is 13.2. The topological polar surface area (TPSA) is 73.2 Å². The smallest absolute Gasteiger partial charge is 0.261 e. The van der Waals surface area contributed by atoms with Crippen LogP contribution < -0.4 is 10.9 Å². The molecule has 0 bridgehead atoms. The lowest BCUT2D eigenvalue weighted by molar-refractivity contribution is -0.121. The van der Waals surface area contributed by atoms with Crippen LogP contribution >= 0.6 is 0 Å². The third-order valence-electron chi connectivity index (χ3n) is 4.17. The van der Waals surface area contributed by atoms with Crippen molar-refractivity contribution in [1.29, 1.82) is 0 Å². The minimum absolute atomic E-state index is 0.0695. The minimum atomic E-state index is -0.0972. The molecule has 1 saturated heterocycles. The zero-order chi connectivity index (χ0) is 16.2. The van der Waals surface area contributed by atoms with Crippen LogP contribution in [0.5, 0.6) is 0 Å². The molecule has 0 radical (unpaired) electrons. The summed E-state index contributed by atoms with van der Waals surface area (Å²) in [5.41, 5.74) is 0.592. The number of carbonyl (C=O) groups excluding carboxylic acids is 1. The Kier molecular flexibility index (Phi) is 4.71. The van der Waals surface area contributed by atoms with Gasteiger partial charge in [-0.25, -0.2) is 4.98 Å². The van der Waals surface area contributed by atoms with Crippen LogP contribution in [-0.2, 0) is 16.1 Å². The molecule has 6 heteroatoms. The van der Waals surface area contributed by atoms with Crippen LogP contribution in [0.25, 0.3) is 10.9 Å². The standard InChI is InChI=1S/C17H21N3O3/c1-12-19-15-7-3-2-6-14(15)17(22)20(12)9-8-16(21)18-11-13-5-4-10-23-13/h2-3,6-7,13H,4-5,8-11H2,1H3,(H,18,21)/t13-/m1/s1. The maximum atomic E-state index is 12.5. The lowest BCUT2D eigenvalue weighted by Crippen LogP contribution is -2.33. The third kappa shape index (κ3) is 3.59. The summed E-state index contributed by atoms with van der Waals surface area (Å²) in [4.78, 5) is 28.9. The number of hydrogen-bond acceptors (Lipinski definition) is 4. The highest BCUT2D eigenvalue weighted by Crippen LogP contribution is 2.11. The van der Waals surface area contributed by atoms with E-state index in [4.69, 9.17) is 4.74 Å². The van der Waals surface area contributed by atoms with E-state index >= 15 is 0 Å². The van der Waals surface area contributed by atoms with Gasteiger partial charge < -0.3 is 10.1 Å². The predicted molar refractivity (Wildman–Crippen MR) is 87.3 cm³/mol. The maximum Gasteiger partial charge on any atom is 0.261 e. The van der Waals surface area contributed by atoms with E-state index in [0.29, 0.717) is 29.8 Å². The van der Waals surface area contributed by atoms with Crippen LogP contribution in [0.1, 0.15) is 25.1 Å². The van der Waals surface area contributed by atoms with E-state index in [-0.39, 0.29) is 24.0 Å². The molecule has 1 fully saturated rings. The fourth-order valence-electron chi connectivity index (χ4n) is 2.88. The van der Waals surface area contributed by atoms with Crippen molar-refractivity contribution in [3.05, 3.63) is 40.4 Å². The van der Waals surface area contributed by atoms with Crippen molar-refractivity contribution in [3.8, 4) is 0 Å². The molecule has 0 saturated carbocycles. The fourth-order valence-corrected chi connectivity index (χ4v) is 2.88. The van der Waals surface area contributed by atoms with E-state index in [0.717, 1.165) is 19.4 Å². The summed E-state index contributed by atoms with van der Waals surface area (Å²) in [6.45, 7) is 3.44. The normalized spacial score (nSPS) is 17.5. The molecule has 1 N–H and O–H groups in total. The van der Waals surface area contributed by atoms with Crippen molar-refractivity contribution in [2.75, 3.05) is 13.2 Å². The molecule has 1 aliphatic rings. The quantitative estimate of drug-likeness (QED) is 0.905. The molecular weight excluding hydrogens is 294 g/mol. The Morgan fingerprint density at radius 2 is 2.26 bits per heavy atom. The average Bonchev–Trinajstić information content (AvgIpc) is 3.06. The second-order valence-corrected chi connectivity index (χ2v) is 5.82. The van der Waals surface area contributed by atoms with E-state index in [1.54, 1.807) is 17.6 Å². The highest BCUT2D eigenvalue weighted by Gasteiger charge is 2.16. The number of hydrogen-bond donors (Lipinski definition) is 1. The molecule has 2 aromatic rings. The molecule has 1 aromatic carbocycles. The molecule has 1 aliphatic heterocycles. The van der Waals surface area contributed by atoms with Gasteiger partial charge in [-0.15, -0.1) is 0 Å². The Hall–Kier alpha value is -2.21. The highest BCUT2D eigenvalue weighted by atomic mass is 16.5. The molecule has 1 atom stereocenters.